The summed E-state index contributed by atoms with van der Waals surface area (Å²) in [4.78, 5) is 22.8. The number of unbranched alkanes of at least 4 members (excludes halogenated alkanes) is 1. The van der Waals surface area contributed by atoms with Gasteiger partial charge in [-0.1, -0.05) is 30.3 Å². The highest BCUT2D eigenvalue weighted by atomic mass is 16.6. The van der Waals surface area contributed by atoms with Crippen LogP contribution in [0.15, 0.2) is 60.7 Å². The van der Waals surface area contributed by atoms with E-state index < -0.39 is 18.2 Å². The molecule has 7 heteroatoms. The minimum absolute atomic E-state index is 0.0529. The van der Waals surface area contributed by atoms with Crippen LogP contribution in [0.5, 0.6) is 11.5 Å². The summed E-state index contributed by atoms with van der Waals surface area (Å²) in [5.74, 6) is -0.737. The molecule has 2 aromatic carbocycles. The van der Waals surface area contributed by atoms with Crippen LogP contribution in [0.2, 0.25) is 0 Å². The molecule has 0 aliphatic carbocycles. The average Bonchev–Trinajstić information content (AvgIpc) is 2.67. The lowest BCUT2D eigenvalue weighted by Gasteiger charge is -2.19. The van der Waals surface area contributed by atoms with Gasteiger partial charge in [-0.05, 0) is 49.1 Å². The Hall–Kier alpha value is -3.48. The summed E-state index contributed by atoms with van der Waals surface area (Å²) in [6.07, 6.45) is 2.98. The number of nitrogens with one attached hydrogen (secondary N) is 1. The molecule has 0 spiro atoms. The molecule has 0 heterocycles. The van der Waals surface area contributed by atoms with E-state index in [-0.39, 0.29) is 5.75 Å². The Labute approximate surface area is 163 Å². The number of allylic oxidation sites excluding steroid dienone is 1. The van der Waals surface area contributed by atoms with E-state index in [2.05, 4.69) is 5.32 Å². The lowest BCUT2D eigenvalue weighted by Crippen LogP contribution is -2.17. The predicted octanol–water partition coefficient (Wildman–Crippen LogP) is 4.50. The van der Waals surface area contributed by atoms with Crippen molar-refractivity contribution in [2.24, 2.45) is 0 Å². The number of anilines is 1. The number of amides is 1. The van der Waals surface area contributed by atoms with Crippen molar-refractivity contribution in [3.8, 4) is 11.5 Å². The number of ether oxygens (including phenoxy) is 2. The van der Waals surface area contributed by atoms with Gasteiger partial charge in [-0.3, -0.25) is 5.32 Å². The van der Waals surface area contributed by atoms with Gasteiger partial charge in [-0.2, -0.15) is 0 Å². The number of rotatable bonds is 9. The van der Waals surface area contributed by atoms with Gasteiger partial charge in [0.1, 0.15) is 6.10 Å². The number of methoxy groups -OCH3 is 1. The quantitative estimate of drug-likeness (QED) is 0.433. The molecule has 7 nitrogen and oxygen atoms in total. The van der Waals surface area contributed by atoms with E-state index in [0.717, 1.165) is 6.08 Å². The molecule has 0 aromatic heterocycles. The molecule has 2 aromatic rings. The molecule has 1 amide bonds. The number of hydrogen-bond acceptors (Lipinski definition) is 5. The molecule has 28 heavy (non-hydrogen) atoms. The highest BCUT2D eigenvalue weighted by Gasteiger charge is 2.18. The summed E-state index contributed by atoms with van der Waals surface area (Å²) < 4.78 is 10.6. The number of carboxylic acid groups (broad SMARTS) is 1. The van der Waals surface area contributed by atoms with Crippen LogP contribution >= 0.6 is 0 Å². The van der Waals surface area contributed by atoms with Gasteiger partial charge in [-0.25, -0.2) is 9.59 Å². The van der Waals surface area contributed by atoms with Gasteiger partial charge in [0.2, 0.25) is 0 Å². The van der Waals surface area contributed by atoms with E-state index in [9.17, 15) is 14.7 Å². The number of para-hydroxylation sites is 1. The minimum Gasteiger partial charge on any atom is -0.504 e. The minimum atomic E-state index is -1.00. The first-order valence-corrected chi connectivity index (χ1v) is 8.78. The molecule has 0 bridgehead atoms. The van der Waals surface area contributed by atoms with Crippen molar-refractivity contribution in [3.63, 3.8) is 0 Å². The lowest BCUT2D eigenvalue weighted by atomic mass is 10.0. The molecule has 0 radical (unpaired) electrons. The standard InChI is InChI=1S/C21H23NO6/c1-27-19-13-12-15(14-17(19)23)18(10-6-3-7-11-20(24)25)28-21(26)22-16-8-4-2-5-9-16/h2,4-5,7-9,11-14,18,23H,3,6,10H2,1H3,(H,22,26)(H,24,25)/b11-7+/t18-/m1/s1. The van der Waals surface area contributed by atoms with Crippen LogP contribution in [0.3, 0.4) is 0 Å². The van der Waals surface area contributed by atoms with Crippen molar-refractivity contribution < 1.29 is 29.3 Å². The van der Waals surface area contributed by atoms with E-state index in [1.54, 1.807) is 42.5 Å². The summed E-state index contributed by atoms with van der Waals surface area (Å²) in [6, 6.07) is 13.7. The van der Waals surface area contributed by atoms with E-state index in [1.165, 1.54) is 13.2 Å². The summed E-state index contributed by atoms with van der Waals surface area (Å²) >= 11 is 0. The first kappa shape index (κ1) is 20.8. The Balaban J connectivity index is 2.07. The Kier molecular flexibility index (Phi) is 7.90. The van der Waals surface area contributed by atoms with E-state index >= 15 is 0 Å². The zero-order valence-electron chi connectivity index (χ0n) is 15.5. The number of carboxylic acids is 1. The van der Waals surface area contributed by atoms with Crippen LogP contribution in [0.4, 0.5) is 10.5 Å². The van der Waals surface area contributed by atoms with Crippen molar-refractivity contribution >= 4 is 17.7 Å². The molecule has 0 aliphatic heterocycles. The van der Waals surface area contributed by atoms with Gasteiger partial charge in [0.25, 0.3) is 0 Å². The van der Waals surface area contributed by atoms with E-state index in [1.807, 2.05) is 6.07 Å². The summed E-state index contributed by atoms with van der Waals surface area (Å²) in [7, 11) is 1.45. The zero-order chi connectivity index (χ0) is 20.4. The molecule has 1 atom stereocenters. The molecule has 3 N–H and O–H groups in total. The fraction of sp³-hybridized carbons (Fsp3) is 0.238. The Morgan fingerprint density at radius 2 is 1.93 bits per heavy atom. The Morgan fingerprint density at radius 1 is 1.18 bits per heavy atom. The fourth-order valence-electron chi connectivity index (χ4n) is 2.60. The van der Waals surface area contributed by atoms with E-state index in [4.69, 9.17) is 14.6 Å². The number of carbonyl (C=O) groups is 2. The van der Waals surface area contributed by atoms with Gasteiger partial charge in [0.15, 0.2) is 11.5 Å². The van der Waals surface area contributed by atoms with Crippen LogP contribution in [0.1, 0.15) is 30.9 Å². The molecular formula is C21H23NO6. The molecule has 2 rings (SSSR count). The molecule has 0 fully saturated rings. The van der Waals surface area contributed by atoms with Crippen molar-refractivity contribution in [2.75, 3.05) is 12.4 Å². The molecular weight excluding hydrogens is 362 g/mol. The van der Waals surface area contributed by atoms with Crippen molar-refractivity contribution in [1.29, 1.82) is 0 Å². The maximum absolute atomic E-state index is 12.3. The highest BCUT2D eigenvalue weighted by Crippen LogP contribution is 2.32. The summed E-state index contributed by atoms with van der Waals surface area (Å²) in [5.41, 5.74) is 1.22. The molecule has 0 aliphatic rings. The van der Waals surface area contributed by atoms with Crippen molar-refractivity contribution in [1.82, 2.24) is 0 Å². The normalized spacial score (nSPS) is 11.8. The number of phenolic OH excluding ortho intramolecular Hbond substituents is 1. The number of hydrogen-bond donors (Lipinski definition) is 3. The van der Waals surface area contributed by atoms with Gasteiger partial charge in [-0.15, -0.1) is 0 Å². The number of aliphatic carboxylic acids is 1. The number of aromatic hydroxyl groups is 1. The number of benzene rings is 2. The third-order valence-electron chi connectivity index (χ3n) is 3.94. The first-order chi connectivity index (χ1) is 13.5. The Morgan fingerprint density at radius 3 is 2.57 bits per heavy atom. The van der Waals surface area contributed by atoms with E-state index in [0.29, 0.717) is 36.3 Å². The van der Waals surface area contributed by atoms with Crippen LogP contribution in [0.25, 0.3) is 0 Å². The molecule has 0 saturated carbocycles. The van der Waals surface area contributed by atoms with Gasteiger partial charge in [0, 0.05) is 11.8 Å². The lowest BCUT2D eigenvalue weighted by molar-refractivity contribution is -0.131. The first-order valence-electron chi connectivity index (χ1n) is 8.78. The molecule has 0 saturated heterocycles. The van der Waals surface area contributed by atoms with Crippen LogP contribution in [0, 0.1) is 0 Å². The summed E-state index contributed by atoms with van der Waals surface area (Å²) in [6.45, 7) is 0. The molecule has 0 unspecified atom stereocenters. The second kappa shape index (κ2) is 10.6. The van der Waals surface area contributed by atoms with Crippen molar-refractivity contribution in [2.45, 2.75) is 25.4 Å². The maximum atomic E-state index is 12.3. The van der Waals surface area contributed by atoms with Crippen LogP contribution < -0.4 is 10.1 Å². The van der Waals surface area contributed by atoms with Gasteiger partial charge < -0.3 is 19.7 Å². The average molecular weight is 385 g/mol. The van der Waals surface area contributed by atoms with Gasteiger partial charge >= 0.3 is 12.1 Å². The second-order valence-electron chi connectivity index (χ2n) is 5.99. The Bertz CT molecular complexity index is 819. The highest BCUT2D eigenvalue weighted by molar-refractivity contribution is 5.84. The third kappa shape index (κ3) is 6.68. The predicted molar refractivity (Wildman–Crippen MR) is 105 cm³/mol. The summed E-state index contributed by atoms with van der Waals surface area (Å²) in [5, 5.41) is 21.3. The monoisotopic (exact) mass is 385 g/mol. The smallest absolute Gasteiger partial charge is 0.412 e. The number of phenols is 1. The second-order valence-corrected chi connectivity index (χ2v) is 5.99. The topological polar surface area (TPSA) is 105 Å². The fourth-order valence-corrected chi connectivity index (χ4v) is 2.60. The van der Waals surface area contributed by atoms with Crippen LogP contribution in [-0.2, 0) is 9.53 Å². The zero-order valence-corrected chi connectivity index (χ0v) is 15.5. The maximum Gasteiger partial charge on any atom is 0.412 e. The number of carbonyl (C=O) groups excluding carboxylic acids is 1. The SMILES string of the molecule is COc1ccc([C@@H](CCC/C=C/C(=O)O)OC(=O)Nc2ccccc2)cc1O. The van der Waals surface area contributed by atoms with Crippen LogP contribution in [-0.4, -0.2) is 29.4 Å². The van der Waals surface area contributed by atoms with Crippen molar-refractivity contribution in [3.05, 3.63) is 66.2 Å². The van der Waals surface area contributed by atoms with Gasteiger partial charge in [0.05, 0.1) is 7.11 Å². The molecule has 148 valence electrons. The largest absolute Gasteiger partial charge is 0.504 e. The third-order valence-corrected chi connectivity index (χ3v) is 3.94.